The minimum Gasteiger partial charge on any atom is -0.469 e. The fraction of sp³-hybridized carbons (Fsp3) is 0.909. The summed E-state index contributed by atoms with van der Waals surface area (Å²) in [6.45, 7) is 1.48. The van der Waals surface area contributed by atoms with Gasteiger partial charge in [-0.25, -0.2) is 0 Å². The number of carbonyl (C=O) groups excluding carboxylic acids is 1. The summed E-state index contributed by atoms with van der Waals surface area (Å²) < 4.78 is 10.2. The number of carbonyl (C=O) groups is 1. The SMILES string of the molecule is COC(=O)C1(CSCCCO)CCOCC1. The Balaban J connectivity index is 2.46. The summed E-state index contributed by atoms with van der Waals surface area (Å²) in [7, 11) is 1.44. The van der Waals surface area contributed by atoms with Gasteiger partial charge in [0.05, 0.1) is 12.5 Å². The first kappa shape index (κ1) is 13.8. The average molecular weight is 248 g/mol. The first-order valence-corrected chi connectivity index (χ1v) is 6.75. The molecule has 0 aromatic heterocycles. The zero-order valence-corrected chi connectivity index (χ0v) is 10.6. The number of esters is 1. The van der Waals surface area contributed by atoms with Crippen LogP contribution in [0.15, 0.2) is 0 Å². The van der Waals surface area contributed by atoms with Gasteiger partial charge in [0.1, 0.15) is 0 Å². The molecule has 0 unspecified atom stereocenters. The molecular weight excluding hydrogens is 228 g/mol. The highest BCUT2D eigenvalue weighted by molar-refractivity contribution is 7.99. The van der Waals surface area contributed by atoms with Crippen molar-refractivity contribution in [1.29, 1.82) is 0 Å². The van der Waals surface area contributed by atoms with Crippen LogP contribution in [-0.4, -0.2) is 49.5 Å². The van der Waals surface area contributed by atoms with Crippen molar-refractivity contribution in [2.24, 2.45) is 5.41 Å². The molecule has 16 heavy (non-hydrogen) atoms. The Morgan fingerprint density at radius 2 is 2.19 bits per heavy atom. The molecule has 1 saturated heterocycles. The van der Waals surface area contributed by atoms with Crippen LogP contribution in [0.1, 0.15) is 19.3 Å². The third-order valence-corrected chi connectivity index (χ3v) is 4.23. The predicted octanol–water partition coefficient (Wildman–Crippen LogP) is 1.07. The van der Waals surface area contributed by atoms with E-state index in [-0.39, 0.29) is 18.0 Å². The highest BCUT2D eigenvalue weighted by atomic mass is 32.2. The van der Waals surface area contributed by atoms with Crippen molar-refractivity contribution in [2.75, 3.05) is 38.4 Å². The quantitative estimate of drug-likeness (QED) is 0.563. The Bertz CT molecular complexity index is 214. The summed E-state index contributed by atoms with van der Waals surface area (Å²) in [6.07, 6.45) is 2.26. The molecule has 0 aromatic carbocycles. The summed E-state index contributed by atoms with van der Waals surface area (Å²) in [6, 6.07) is 0. The largest absolute Gasteiger partial charge is 0.469 e. The zero-order chi connectivity index (χ0) is 11.9. The van der Waals surface area contributed by atoms with E-state index in [2.05, 4.69) is 0 Å². The minimum absolute atomic E-state index is 0.118. The van der Waals surface area contributed by atoms with E-state index in [0.717, 1.165) is 30.8 Å². The van der Waals surface area contributed by atoms with E-state index in [1.807, 2.05) is 0 Å². The van der Waals surface area contributed by atoms with Crippen LogP contribution in [-0.2, 0) is 14.3 Å². The molecule has 1 N–H and O–H groups in total. The van der Waals surface area contributed by atoms with Crippen molar-refractivity contribution in [3.8, 4) is 0 Å². The molecule has 1 heterocycles. The van der Waals surface area contributed by atoms with Crippen LogP contribution >= 0.6 is 11.8 Å². The van der Waals surface area contributed by atoms with Crippen LogP contribution < -0.4 is 0 Å². The molecule has 0 radical (unpaired) electrons. The van der Waals surface area contributed by atoms with Crippen LogP contribution in [0.4, 0.5) is 0 Å². The zero-order valence-electron chi connectivity index (χ0n) is 9.74. The molecule has 0 atom stereocenters. The van der Waals surface area contributed by atoms with Gasteiger partial charge in [0.25, 0.3) is 0 Å². The fourth-order valence-electron chi connectivity index (χ4n) is 1.82. The number of hydrogen-bond acceptors (Lipinski definition) is 5. The molecule has 94 valence electrons. The van der Waals surface area contributed by atoms with Crippen LogP contribution in [0.5, 0.6) is 0 Å². The van der Waals surface area contributed by atoms with Crippen molar-refractivity contribution in [2.45, 2.75) is 19.3 Å². The van der Waals surface area contributed by atoms with Crippen molar-refractivity contribution in [3.63, 3.8) is 0 Å². The summed E-state index contributed by atoms with van der Waals surface area (Å²) in [5.74, 6) is 1.53. The lowest BCUT2D eigenvalue weighted by Gasteiger charge is -2.34. The van der Waals surface area contributed by atoms with Gasteiger partial charge in [-0.3, -0.25) is 4.79 Å². The second-order valence-electron chi connectivity index (χ2n) is 4.01. The Labute approximate surface area is 101 Å². The summed E-state index contributed by atoms with van der Waals surface area (Å²) in [4.78, 5) is 11.8. The maximum absolute atomic E-state index is 11.8. The number of aliphatic hydroxyl groups is 1. The summed E-state index contributed by atoms with van der Waals surface area (Å²) in [5.41, 5.74) is -0.368. The predicted molar refractivity (Wildman–Crippen MR) is 63.5 cm³/mol. The molecule has 0 spiro atoms. The number of thioether (sulfide) groups is 1. The molecule has 5 heteroatoms. The molecule has 1 rings (SSSR count). The third-order valence-electron chi connectivity index (χ3n) is 2.89. The Morgan fingerprint density at radius 1 is 1.50 bits per heavy atom. The first-order chi connectivity index (χ1) is 7.75. The van der Waals surface area contributed by atoms with Gasteiger partial charge >= 0.3 is 5.97 Å². The lowest BCUT2D eigenvalue weighted by molar-refractivity contribution is -0.156. The first-order valence-electron chi connectivity index (χ1n) is 5.60. The molecule has 1 aliphatic rings. The van der Waals surface area contributed by atoms with E-state index in [1.165, 1.54) is 7.11 Å². The number of ether oxygens (including phenoxy) is 2. The molecule has 0 amide bonds. The van der Waals surface area contributed by atoms with E-state index < -0.39 is 0 Å². The second-order valence-corrected chi connectivity index (χ2v) is 5.12. The normalized spacial score (nSPS) is 19.4. The van der Waals surface area contributed by atoms with Crippen LogP contribution in [0.2, 0.25) is 0 Å². The van der Waals surface area contributed by atoms with Gasteiger partial charge in [-0.1, -0.05) is 0 Å². The number of aliphatic hydroxyl groups excluding tert-OH is 1. The Kier molecular flexibility index (Phi) is 6.16. The molecule has 1 aliphatic heterocycles. The van der Waals surface area contributed by atoms with Gasteiger partial charge in [0.15, 0.2) is 0 Å². The average Bonchev–Trinajstić information content (AvgIpc) is 2.35. The van der Waals surface area contributed by atoms with Crippen LogP contribution in [0.25, 0.3) is 0 Å². The van der Waals surface area contributed by atoms with Crippen LogP contribution in [0, 0.1) is 5.41 Å². The molecule has 0 saturated carbocycles. The molecule has 0 aliphatic carbocycles. The van der Waals surface area contributed by atoms with Crippen molar-refractivity contribution in [1.82, 2.24) is 0 Å². The third kappa shape index (κ3) is 3.64. The van der Waals surface area contributed by atoms with Crippen molar-refractivity contribution >= 4 is 17.7 Å². The monoisotopic (exact) mass is 248 g/mol. The number of methoxy groups -OCH3 is 1. The number of rotatable bonds is 6. The maximum Gasteiger partial charge on any atom is 0.312 e. The Morgan fingerprint density at radius 3 is 2.75 bits per heavy atom. The van der Waals surface area contributed by atoms with Gasteiger partial charge in [-0.2, -0.15) is 11.8 Å². The lowest BCUT2D eigenvalue weighted by Crippen LogP contribution is -2.40. The van der Waals surface area contributed by atoms with Gasteiger partial charge in [0, 0.05) is 25.6 Å². The van der Waals surface area contributed by atoms with E-state index in [1.54, 1.807) is 11.8 Å². The van der Waals surface area contributed by atoms with E-state index in [9.17, 15) is 4.79 Å². The van der Waals surface area contributed by atoms with E-state index in [0.29, 0.717) is 13.2 Å². The molecular formula is C11H20O4S. The molecule has 1 fully saturated rings. The van der Waals surface area contributed by atoms with E-state index in [4.69, 9.17) is 14.6 Å². The molecule has 0 aromatic rings. The highest BCUT2D eigenvalue weighted by Crippen LogP contribution is 2.35. The minimum atomic E-state index is -0.368. The van der Waals surface area contributed by atoms with Gasteiger partial charge in [-0.15, -0.1) is 0 Å². The fourth-order valence-corrected chi connectivity index (χ4v) is 3.10. The molecule has 0 bridgehead atoms. The maximum atomic E-state index is 11.8. The topological polar surface area (TPSA) is 55.8 Å². The Hall–Kier alpha value is -0.260. The van der Waals surface area contributed by atoms with Gasteiger partial charge < -0.3 is 14.6 Å². The summed E-state index contributed by atoms with van der Waals surface area (Å²) in [5, 5.41) is 8.70. The smallest absolute Gasteiger partial charge is 0.312 e. The van der Waals surface area contributed by atoms with E-state index >= 15 is 0 Å². The van der Waals surface area contributed by atoms with Crippen molar-refractivity contribution in [3.05, 3.63) is 0 Å². The number of hydrogen-bond donors (Lipinski definition) is 1. The van der Waals surface area contributed by atoms with Crippen molar-refractivity contribution < 1.29 is 19.4 Å². The highest BCUT2D eigenvalue weighted by Gasteiger charge is 2.40. The lowest BCUT2D eigenvalue weighted by atomic mass is 9.82. The summed E-state index contributed by atoms with van der Waals surface area (Å²) >= 11 is 1.71. The van der Waals surface area contributed by atoms with Crippen LogP contribution in [0.3, 0.4) is 0 Å². The second kappa shape index (κ2) is 7.14. The standard InChI is InChI=1S/C11H20O4S/c1-14-10(13)11(3-6-15-7-4-11)9-16-8-2-5-12/h12H,2-9H2,1H3. The van der Waals surface area contributed by atoms with Gasteiger partial charge in [0.2, 0.25) is 0 Å². The van der Waals surface area contributed by atoms with Gasteiger partial charge in [-0.05, 0) is 25.0 Å². The molecule has 4 nitrogen and oxygen atoms in total.